The molecule has 29 heavy (non-hydrogen) atoms. The van der Waals surface area contributed by atoms with Crippen LogP contribution in [0.3, 0.4) is 0 Å². The number of nitrogens with zero attached hydrogens (tertiary/aromatic N) is 6. The Labute approximate surface area is 171 Å². The number of hydrogen-bond acceptors (Lipinski definition) is 5. The van der Waals surface area contributed by atoms with Crippen LogP contribution in [0.25, 0.3) is 0 Å². The van der Waals surface area contributed by atoms with Crippen LogP contribution in [0.2, 0.25) is 0 Å². The molecule has 1 aromatic carbocycles. The maximum absolute atomic E-state index is 13.1. The van der Waals surface area contributed by atoms with Gasteiger partial charge in [-0.15, -0.1) is 0 Å². The number of piperidine rings is 1. The number of piperazine rings is 1. The topological polar surface area (TPSA) is 74.6 Å². The summed E-state index contributed by atoms with van der Waals surface area (Å²) in [5.74, 6) is 0.376. The van der Waals surface area contributed by atoms with E-state index in [1.807, 2.05) is 40.1 Å². The van der Waals surface area contributed by atoms with Crippen molar-refractivity contribution in [2.24, 2.45) is 0 Å². The molecule has 0 spiro atoms. The van der Waals surface area contributed by atoms with E-state index in [-0.39, 0.29) is 17.9 Å². The Kier molecular flexibility index (Phi) is 6.19. The Morgan fingerprint density at radius 2 is 1.86 bits per heavy atom. The van der Waals surface area contributed by atoms with Crippen molar-refractivity contribution in [1.29, 1.82) is 0 Å². The van der Waals surface area contributed by atoms with Crippen molar-refractivity contribution in [2.75, 3.05) is 37.6 Å². The van der Waals surface area contributed by atoms with Gasteiger partial charge < -0.3 is 9.80 Å². The summed E-state index contributed by atoms with van der Waals surface area (Å²) >= 11 is 0. The molecule has 0 aliphatic carbocycles. The van der Waals surface area contributed by atoms with Gasteiger partial charge in [0.15, 0.2) is 0 Å². The highest BCUT2D eigenvalue weighted by molar-refractivity contribution is 5.97. The molecule has 3 heterocycles. The molecule has 8 heteroatoms. The van der Waals surface area contributed by atoms with Gasteiger partial charge in [0.1, 0.15) is 12.7 Å². The lowest BCUT2D eigenvalue weighted by atomic mass is 10.0. The van der Waals surface area contributed by atoms with E-state index in [1.54, 1.807) is 11.0 Å². The van der Waals surface area contributed by atoms with Crippen molar-refractivity contribution >= 4 is 17.5 Å². The second kappa shape index (κ2) is 9.17. The summed E-state index contributed by atoms with van der Waals surface area (Å²) in [5, 5.41) is 4.06. The molecular formula is C21H28N6O2. The first-order chi connectivity index (χ1) is 14.2. The zero-order chi connectivity index (χ0) is 20.1. The zero-order valence-electron chi connectivity index (χ0n) is 16.7. The molecule has 2 amide bonds. The van der Waals surface area contributed by atoms with Crippen LogP contribution in [0.4, 0.5) is 5.69 Å². The quantitative estimate of drug-likeness (QED) is 0.738. The van der Waals surface area contributed by atoms with E-state index in [0.29, 0.717) is 26.1 Å². The van der Waals surface area contributed by atoms with Crippen LogP contribution < -0.4 is 4.90 Å². The van der Waals surface area contributed by atoms with Gasteiger partial charge >= 0.3 is 0 Å². The van der Waals surface area contributed by atoms with Crippen LogP contribution in [0.1, 0.15) is 25.7 Å². The minimum atomic E-state index is -0.0754. The average Bonchev–Trinajstić information content (AvgIpc) is 3.28. The molecule has 154 valence electrons. The molecular weight excluding hydrogens is 368 g/mol. The Bertz CT molecular complexity index is 802. The van der Waals surface area contributed by atoms with Gasteiger partial charge in [-0.25, -0.2) is 4.98 Å². The first kappa shape index (κ1) is 19.6. The molecule has 0 bridgehead atoms. The minimum Gasteiger partial charge on any atom is -0.340 e. The lowest BCUT2D eigenvalue weighted by molar-refractivity contribution is -0.134. The second-order valence-corrected chi connectivity index (χ2v) is 7.66. The SMILES string of the molecule is O=C(CCCn1cncn1)N1CCN([C@H]2CCCN(c3ccccc3)C2=O)CC1. The van der Waals surface area contributed by atoms with Crippen molar-refractivity contribution in [3.8, 4) is 0 Å². The molecule has 0 saturated carbocycles. The van der Waals surface area contributed by atoms with E-state index in [4.69, 9.17) is 0 Å². The summed E-state index contributed by atoms with van der Waals surface area (Å²) in [7, 11) is 0. The van der Waals surface area contributed by atoms with E-state index in [9.17, 15) is 9.59 Å². The highest BCUT2D eigenvalue weighted by Gasteiger charge is 2.35. The number of aryl methyl sites for hydroxylation is 1. The number of amides is 2. The smallest absolute Gasteiger partial charge is 0.244 e. The van der Waals surface area contributed by atoms with E-state index in [2.05, 4.69) is 15.0 Å². The number of rotatable bonds is 6. The predicted molar refractivity (Wildman–Crippen MR) is 109 cm³/mol. The number of carbonyl (C=O) groups excluding carboxylic acids is 2. The highest BCUT2D eigenvalue weighted by Crippen LogP contribution is 2.24. The molecule has 1 aromatic heterocycles. The summed E-state index contributed by atoms with van der Waals surface area (Å²) in [4.78, 5) is 35.6. The Balaban J connectivity index is 1.26. The number of carbonyl (C=O) groups is 2. The van der Waals surface area contributed by atoms with E-state index in [1.165, 1.54) is 6.33 Å². The molecule has 2 aromatic rings. The van der Waals surface area contributed by atoms with Gasteiger partial charge in [-0.1, -0.05) is 18.2 Å². The monoisotopic (exact) mass is 396 g/mol. The molecule has 4 rings (SSSR count). The Morgan fingerprint density at radius 1 is 1.07 bits per heavy atom. The van der Waals surface area contributed by atoms with Gasteiger partial charge in [0.2, 0.25) is 11.8 Å². The zero-order valence-corrected chi connectivity index (χ0v) is 16.7. The van der Waals surface area contributed by atoms with Crippen molar-refractivity contribution in [3.05, 3.63) is 43.0 Å². The lowest BCUT2D eigenvalue weighted by Gasteiger charge is -2.42. The van der Waals surface area contributed by atoms with Gasteiger partial charge in [0, 0.05) is 51.4 Å². The van der Waals surface area contributed by atoms with Gasteiger partial charge in [-0.3, -0.25) is 19.2 Å². The Hall–Kier alpha value is -2.74. The molecule has 2 aliphatic rings. The van der Waals surface area contributed by atoms with Crippen LogP contribution in [0.5, 0.6) is 0 Å². The average molecular weight is 396 g/mol. The summed E-state index contributed by atoms with van der Waals surface area (Å²) in [5.41, 5.74) is 0.975. The van der Waals surface area contributed by atoms with Gasteiger partial charge in [0.05, 0.1) is 6.04 Å². The third-order valence-corrected chi connectivity index (χ3v) is 5.83. The number of hydrogen-bond donors (Lipinski definition) is 0. The second-order valence-electron chi connectivity index (χ2n) is 7.66. The molecule has 0 N–H and O–H groups in total. The van der Waals surface area contributed by atoms with E-state index >= 15 is 0 Å². The largest absolute Gasteiger partial charge is 0.340 e. The first-order valence-corrected chi connectivity index (χ1v) is 10.4. The maximum atomic E-state index is 13.1. The fourth-order valence-electron chi connectivity index (χ4n) is 4.24. The molecule has 2 fully saturated rings. The summed E-state index contributed by atoms with van der Waals surface area (Å²) < 4.78 is 1.75. The third kappa shape index (κ3) is 4.64. The lowest BCUT2D eigenvalue weighted by Crippen LogP contribution is -2.58. The highest BCUT2D eigenvalue weighted by atomic mass is 16.2. The summed E-state index contributed by atoms with van der Waals surface area (Å²) in [6.07, 6.45) is 6.36. The normalized spacial score (nSPS) is 20.8. The molecule has 0 radical (unpaired) electrons. The summed E-state index contributed by atoms with van der Waals surface area (Å²) in [6, 6.07) is 9.83. The van der Waals surface area contributed by atoms with Crippen LogP contribution >= 0.6 is 0 Å². The molecule has 8 nitrogen and oxygen atoms in total. The molecule has 2 aliphatic heterocycles. The van der Waals surface area contributed by atoms with Gasteiger partial charge in [-0.05, 0) is 31.4 Å². The first-order valence-electron chi connectivity index (χ1n) is 10.4. The Morgan fingerprint density at radius 3 is 2.59 bits per heavy atom. The van der Waals surface area contributed by atoms with Gasteiger partial charge in [0.25, 0.3) is 0 Å². The number of aromatic nitrogens is 3. The maximum Gasteiger partial charge on any atom is 0.244 e. The van der Waals surface area contributed by atoms with Crippen LogP contribution in [0.15, 0.2) is 43.0 Å². The van der Waals surface area contributed by atoms with Crippen molar-refractivity contribution in [1.82, 2.24) is 24.6 Å². The fraction of sp³-hybridized carbons (Fsp3) is 0.524. The fourth-order valence-corrected chi connectivity index (χ4v) is 4.24. The number of anilines is 1. The molecule has 2 saturated heterocycles. The van der Waals surface area contributed by atoms with Gasteiger partial charge in [-0.2, -0.15) is 5.10 Å². The van der Waals surface area contributed by atoms with E-state index in [0.717, 1.165) is 44.6 Å². The molecule has 1 atom stereocenters. The van der Waals surface area contributed by atoms with Crippen LogP contribution in [-0.2, 0) is 16.1 Å². The van der Waals surface area contributed by atoms with Crippen LogP contribution in [0, 0.1) is 0 Å². The van der Waals surface area contributed by atoms with Crippen molar-refractivity contribution in [3.63, 3.8) is 0 Å². The predicted octanol–water partition coefficient (Wildman–Crippen LogP) is 1.40. The minimum absolute atomic E-state index is 0.0754. The van der Waals surface area contributed by atoms with Crippen molar-refractivity contribution in [2.45, 2.75) is 38.3 Å². The van der Waals surface area contributed by atoms with Crippen LogP contribution in [-0.4, -0.2) is 75.1 Å². The standard InChI is InChI=1S/C21H28N6O2/c28-20(9-5-10-26-17-22-16-23-26)25-14-12-24(13-15-25)19-8-4-11-27(21(19)29)18-6-2-1-3-7-18/h1-3,6-7,16-17,19H,4-5,8-15H2/t19-/m0/s1. The number of benzene rings is 1. The number of para-hydroxylation sites is 1. The third-order valence-electron chi connectivity index (χ3n) is 5.83. The van der Waals surface area contributed by atoms with E-state index < -0.39 is 0 Å². The molecule has 0 unspecified atom stereocenters. The van der Waals surface area contributed by atoms with Crippen molar-refractivity contribution < 1.29 is 9.59 Å². The summed E-state index contributed by atoms with van der Waals surface area (Å²) in [6.45, 7) is 4.39.